The van der Waals surface area contributed by atoms with Gasteiger partial charge in [0.05, 0.1) is 17.6 Å². The minimum atomic E-state index is -0.219. The molecule has 4 rings (SSSR count). The molecule has 0 atom stereocenters. The summed E-state index contributed by atoms with van der Waals surface area (Å²) in [5.74, 6) is 0.785. The molecule has 162 valence electrons. The zero-order valence-electron chi connectivity index (χ0n) is 18.6. The lowest BCUT2D eigenvalue weighted by atomic mass is 10.0. The minimum absolute atomic E-state index is 0.0483. The Balaban J connectivity index is 1.68. The molecule has 3 aromatic heterocycles. The third-order valence-corrected chi connectivity index (χ3v) is 6.38. The number of fused-ring (bicyclic) bond motifs is 1. The molecular formula is C23H28N6OS. The highest BCUT2D eigenvalue weighted by atomic mass is 32.1. The normalized spacial score (nSPS) is 12.2. The first-order valence-electron chi connectivity index (χ1n) is 10.4. The molecule has 0 aliphatic carbocycles. The number of nitrogens with one attached hydrogen (secondary N) is 1. The van der Waals surface area contributed by atoms with Crippen LogP contribution in [0.4, 0.5) is 0 Å². The molecule has 0 bridgehead atoms. The molecule has 8 heteroatoms. The lowest BCUT2D eigenvalue weighted by molar-refractivity contribution is 0.225. The van der Waals surface area contributed by atoms with Crippen molar-refractivity contribution in [2.75, 3.05) is 0 Å². The molecule has 1 aromatic carbocycles. The van der Waals surface area contributed by atoms with Crippen LogP contribution in [0, 0.1) is 13.8 Å². The van der Waals surface area contributed by atoms with Gasteiger partial charge < -0.3 is 4.98 Å². The molecule has 3 heterocycles. The van der Waals surface area contributed by atoms with Crippen molar-refractivity contribution in [3.05, 3.63) is 73.5 Å². The first kappa shape index (κ1) is 21.4. The number of pyridine rings is 1. The highest BCUT2D eigenvalue weighted by Crippen LogP contribution is 2.22. The fourth-order valence-corrected chi connectivity index (χ4v) is 4.49. The highest BCUT2D eigenvalue weighted by molar-refractivity contribution is 7.09. The molecule has 0 unspecified atom stereocenters. The van der Waals surface area contributed by atoms with Crippen LogP contribution in [0.25, 0.3) is 10.9 Å². The van der Waals surface area contributed by atoms with E-state index in [2.05, 4.69) is 76.7 Å². The first-order chi connectivity index (χ1) is 14.7. The zero-order chi connectivity index (χ0) is 22.2. The third kappa shape index (κ3) is 4.60. The lowest BCUT2D eigenvalue weighted by Gasteiger charge is -2.24. The van der Waals surface area contributed by atoms with Gasteiger partial charge in [-0.05, 0) is 79.1 Å². The van der Waals surface area contributed by atoms with Crippen LogP contribution in [0.1, 0.15) is 48.2 Å². The summed E-state index contributed by atoms with van der Waals surface area (Å²) < 4.78 is 1.85. The maximum atomic E-state index is 12.9. The van der Waals surface area contributed by atoms with Crippen LogP contribution in [0.15, 0.2) is 40.5 Å². The SMILES string of the molecule is Cc1ccc2cc(CN(Cc3cccs3)Cc3nnnn3C(C)(C)C)c(=O)[nH]c2c1C. The number of hydrogen-bond acceptors (Lipinski definition) is 6. The van der Waals surface area contributed by atoms with Crippen LogP contribution in [0.5, 0.6) is 0 Å². The summed E-state index contributed by atoms with van der Waals surface area (Å²) in [6.45, 7) is 12.1. The highest BCUT2D eigenvalue weighted by Gasteiger charge is 2.22. The topological polar surface area (TPSA) is 79.7 Å². The van der Waals surface area contributed by atoms with Crippen molar-refractivity contribution >= 4 is 22.2 Å². The largest absolute Gasteiger partial charge is 0.321 e. The zero-order valence-corrected chi connectivity index (χ0v) is 19.5. The second kappa shape index (κ2) is 8.36. The number of benzene rings is 1. The molecule has 0 aliphatic heterocycles. The van der Waals surface area contributed by atoms with E-state index in [1.165, 1.54) is 10.4 Å². The number of rotatable bonds is 6. The number of aryl methyl sites for hydroxylation is 2. The summed E-state index contributed by atoms with van der Waals surface area (Å²) in [5, 5.41) is 15.5. The second-order valence-electron chi connectivity index (χ2n) is 9.00. The van der Waals surface area contributed by atoms with Crippen molar-refractivity contribution < 1.29 is 0 Å². The molecule has 1 N–H and O–H groups in total. The Morgan fingerprint density at radius 3 is 2.65 bits per heavy atom. The summed E-state index contributed by atoms with van der Waals surface area (Å²) in [6.07, 6.45) is 0. The van der Waals surface area contributed by atoms with Crippen molar-refractivity contribution in [2.45, 2.75) is 59.8 Å². The van der Waals surface area contributed by atoms with Gasteiger partial charge in [-0.25, -0.2) is 4.68 Å². The first-order valence-corrected chi connectivity index (χ1v) is 11.2. The summed E-state index contributed by atoms with van der Waals surface area (Å²) in [6, 6.07) is 10.3. The van der Waals surface area contributed by atoms with Crippen LogP contribution in [-0.2, 0) is 25.2 Å². The van der Waals surface area contributed by atoms with Crippen LogP contribution in [0.2, 0.25) is 0 Å². The Hall–Kier alpha value is -2.84. The number of H-pyrrole nitrogens is 1. The molecule has 0 radical (unpaired) electrons. The van der Waals surface area contributed by atoms with E-state index < -0.39 is 0 Å². The van der Waals surface area contributed by atoms with Crippen molar-refractivity contribution in [1.29, 1.82) is 0 Å². The van der Waals surface area contributed by atoms with Crippen LogP contribution in [0.3, 0.4) is 0 Å². The fraction of sp³-hybridized carbons (Fsp3) is 0.391. The van der Waals surface area contributed by atoms with Gasteiger partial charge in [0.2, 0.25) is 0 Å². The summed E-state index contributed by atoms with van der Waals surface area (Å²) in [7, 11) is 0. The van der Waals surface area contributed by atoms with Crippen LogP contribution in [-0.4, -0.2) is 30.1 Å². The monoisotopic (exact) mass is 436 g/mol. The van der Waals surface area contributed by atoms with Gasteiger partial charge in [-0.2, -0.15) is 0 Å². The Labute approximate surface area is 185 Å². The molecule has 0 saturated heterocycles. The molecule has 0 fully saturated rings. The Kier molecular flexibility index (Phi) is 5.77. The van der Waals surface area contributed by atoms with E-state index >= 15 is 0 Å². The van der Waals surface area contributed by atoms with E-state index in [1.807, 2.05) is 23.7 Å². The molecule has 0 spiro atoms. The molecule has 31 heavy (non-hydrogen) atoms. The van der Waals surface area contributed by atoms with Crippen molar-refractivity contribution in [3.63, 3.8) is 0 Å². The van der Waals surface area contributed by atoms with Crippen LogP contribution >= 0.6 is 11.3 Å². The molecule has 7 nitrogen and oxygen atoms in total. The van der Waals surface area contributed by atoms with Crippen molar-refractivity contribution in [2.24, 2.45) is 0 Å². The fourth-order valence-electron chi connectivity index (χ4n) is 3.74. The van der Waals surface area contributed by atoms with E-state index in [-0.39, 0.29) is 11.1 Å². The number of thiophene rings is 1. The van der Waals surface area contributed by atoms with Gasteiger partial charge in [-0.1, -0.05) is 18.2 Å². The van der Waals surface area contributed by atoms with Gasteiger partial charge in [0.15, 0.2) is 5.82 Å². The number of aromatic amines is 1. The third-order valence-electron chi connectivity index (χ3n) is 5.52. The Morgan fingerprint density at radius 1 is 1.13 bits per heavy atom. The van der Waals surface area contributed by atoms with Gasteiger partial charge in [0.25, 0.3) is 5.56 Å². The van der Waals surface area contributed by atoms with Gasteiger partial charge in [-0.15, -0.1) is 16.4 Å². The van der Waals surface area contributed by atoms with Gasteiger partial charge in [0, 0.05) is 23.5 Å². The van der Waals surface area contributed by atoms with E-state index in [0.717, 1.165) is 34.4 Å². The van der Waals surface area contributed by atoms with Crippen molar-refractivity contribution in [1.82, 2.24) is 30.1 Å². The molecule has 0 amide bonds. The number of aromatic nitrogens is 5. The summed E-state index contributed by atoms with van der Waals surface area (Å²) >= 11 is 1.71. The molecular weight excluding hydrogens is 408 g/mol. The lowest BCUT2D eigenvalue weighted by Crippen LogP contribution is -2.31. The Morgan fingerprint density at radius 2 is 1.94 bits per heavy atom. The molecule has 0 saturated carbocycles. The summed E-state index contributed by atoms with van der Waals surface area (Å²) in [5.41, 5.74) is 3.67. The molecule has 0 aliphatic rings. The number of tetrazole rings is 1. The van der Waals surface area contributed by atoms with Gasteiger partial charge in [0.1, 0.15) is 0 Å². The predicted molar refractivity (Wildman–Crippen MR) is 124 cm³/mol. The van der Waals surface area contributed by atoms with Crippen LogP contribution < -0.4 is 5.56 Å². The van der Waals surface area contributed by atoms with Gasteiger partial charge in [-0.3, -0.25) is 9.69 Å². The second-order valence-corrected chi connectivity index (χ2v) is 10.0. The average molecular weight is 437 g/mol. The van der Waals surface area contributed by atoms with Gasteiger partial charge >= 0.3 is 0 Å². The maximum absolute atomic E-state index is 12.9. The quantitative estimate of drug-likeness (QED) is 0.491. The number of nitrogens with zero attached hydrogens (tertiary/aromatic N) is 5. The van der Waals surface area contributed by atoms with Crippen molar-refractivity contribution in [3.8, 4) is 0 Å². The minimum Gasteiger partial charge on any atom is -0.321 e. The van der Waals surface area contributed by atoms with E-state index in [1.54, 1.807) is 11.3 Å². The average Bonchev–Trinajstić information content (AvgIpc) is 3.38. The summed E-state index contributed by atoms with van der Waals surface area (Å²) in [4.78, 5) is 19.5. The number of hydrogen-bond donors (Lipinski definition) is 1. The van der Waals surface area contributed by atoms with E-state index in [9.17, 15) is 4.79 Å². The standard InChI is InChI=1S/C23H28N6OS/c1-15-8-9-17-11-18(22(30)24-21(17)16(15)2)12-28(13-19-7-6-10-31-19)14-20-25-26-27-29(20)23(3,4)5/h6-11H,12-14H2,1-5H3,(H,24,30). The smallest absolute Gasteiger partial charge is 0.252 e. The maximum Gasteiger partial charge on any atom is 0.252 e. The predicted octanol–water partition coefficient (Wildman–Crippen LogP) is 4.15. The molecule has 4 aromatic rings. The van der Waals surface area contributed by atoms with E-state index in [0.29, 0.717) is 13.1 Å². The Bertz CT molecular complexity index is 1250. The van der Waals surface area contributed by atoms with E-state index in [4.69, 9.17) is 0 Å².